The quantitative estimate of drug-likeness (QED) is 0.477. The Morgan fingerprint density at radius 3 is 2.06 bits per heavy atom. The summed E-state index contributed by atoms with van der Waals surface area (Å²) in [5.41, 5.74) is 4.60. The first-order valence-corrected chi connectivity index (χ1v) is 12.3. The number of benzene rings is 2. The van der Waals surface area contributed by atoms with Crippen LogP contribution in [-0.2, 0) is 14.3 Å². The van der Waals surface area contributed by atoms with Crippen LogP contribution in [0.4, 0.5) is 4.79 Å². The molecule has 2 aromatic rings. The number of fused-ring (bicyclic) bond motifs is 3. The van der Waals surface area contributed by atoms with Crippen molar-refractivity contribution in [1.82, 2.24) is 10.2 Å². The van der Waals surface area contributed by atoms with Crippen molar-refractivity contribution in [2.75, 3.05) is 19.7 Å². The molecule has 1 unspecified atom stereocenters. The number of carboxylic acids is 1. The van der Waals surface area contributed by atoms with Gasteiger partial charge in [-0.1, -0.05) is 62.4 Å². The molecule has 2 N–H and O–H groups in total. The number of rotatable bonds is 11. The summed E-state index contributed by atoms with van der Waals surface area (Å²) < 4.78 is 5.61. The van der Waals surface area contributed by atoms with E-state index in [0.717, 1.165) is 22.3 Å². The number of carboxylic acid groups (broad SMARTS) is 1. The highest BCUT2D eigenvalue weighted by Gasteiger charge is 2.30. The molecule has 3 rings (SSSR count). The van der Waals surface area contributed by atoms with Crippen LogP contribution in [0, 0.1) is 11.8 Å². The lowest BCUT2D eigenvalue weighted by atomic mass is 9.95. The van der Waals surface area contributed by atoms with Gasteiger partial charge in [0.25, 0.3) is 0 Å². The summed E-state index contributed by atoms with van der Waals surface area (Å²) in [6.07, 6.45) is -0.0910. The summed E-state index contributed by atoms with van der Waals surface area (Å²) in [4.78, 5) is 38.5. The predicted octanol–water partition coefficient (Wildman–Crippen LogP) is 4.90. The van der Waals surface area contributed by atoms with Gasteiger partial charge in [-0.25, -0.2) is 4.79 Å². The minimum Gasteiger partial charge on any atom is -0.481 e. The van der Waals surface area contributed by atoms with E-state index >= 15 is 0 Å². The number of nitrogens with zero attached hydrogens (tertiary/aromatic N) is 1. The largest absolute Gasteiger partial charge is 0.481 e. The van der Waals surface area contributed by atoms with Crippen LogP contribution >= 0.6 is 0 Å². The van der Waals surface area contributed by atoms with Gasteiger partial charge in [-0.15, -0.1) is 0 Å². The number of carbonyl (C=O) groups is 3. The first-order valence-electron chi connectivity index (χ1n) is 12.3. The van der Waals surface area contributed by atoms with Crippen molar-refractivity contribution in [2.45, 2.75) is 52.5 Å². The average Bonchev–Trinajstić information content (AvgIpc) is 3.13. The first-order chi connectivity index (χ1) is 16.7. The Morgan fingerprint density at radius 1 is 0.971 bits per heavy atom. The van der Waals surface area contributed by atoms with Crippen molar-refractivity contribution in [1.29, 1.82) is 0 Å². The molecule has 0 bridgehead atoms. The molecule has 2 aromatic carbocycles. The molecule has 188 valence electrons. The van der Waals surface area contributed by atoms with Crippen LogP contribution in [0.15, 0.2) is 48.5 Å². The van der Waals surface area contributed by atoms with Gasteiger partial charge in [0.05, 0.1) is 12.3 Å². The molecule has 0 radical (unpaired) electrons. The first kappa shape index (κ1) is 26.3. The number of alkyl carbamates (subject to hydrolysis) is 1. The third kappa shape index (κ3) is 6.62. The molecule has 1 aliphatic carbocycles. The topological polar surface area (TPSA) is 95.9 Å². The van der Waals surface area contributed by atoms with E-state index in [1.54, 1.807) is 4.90 Å². The van der Waals surface area contributed by atoms with E-state index in [-0.39, 0.29) is 49.9 Å². The van der Waals surface area contributed by atoms with Gasteiger partial charge in [-0.2, -0.15) is 0 Å². The third-order valence-electron chi connectivity index (χ3n) is 6.41. The van der Waals surface area contributed by atoms with Crippen LogP contribution in [0.5, 0.6) is 0 Å². The molecular formula is C28H36N2O5. The second-order valence-corrected chi connectivity index (χ2v) is 9.80. The fourth-order valence-corrected chi connectivity index (χ4v) is 4.77. The Bertz CT molecular complexity index is 1000. The molecule has 0 heterocycles. The van der Waals surface area contributed by atoms with E-state index in [4.69, 9.17) is 9.84 Å². The second-order valence-electron chi connectivity index (χ2n) is 9.80. The summed E-state index contributed by atoms with van der Waals surface area (Å²) in [6, 6.07) is 16.2. The standard InChI is InChI=1S/C28H36N2O5/c1-18(2)15-20(27(33)30(19(3)4)14-13-26(31)32)16-29-28(34)35-17-25-23-11-7-5-9-21(23)22-10-6-8-12-24(22)25/h5-12,18-20,25H,13-17H2,1-4H3,(H,29,34)(H,31,32). The SMILES string of the molecule is CC(C)CC(CNC(=O)OCC1c2ccccc2-c2ccccc21)C(=O)N(CCC(=O)O)C(C)C. The third-order valence-corrected chi connectivity index (χ3v) is 6.41. The van der Waals surface area contributed by atoms with Crippen LogP contribution in [0.3, 0.4) is 0 Å². The van der Waals surface area contributed by atoms with Crippen LogP contribution in [0.2, 0.25) is 0 Å². The van der Waals surface area contributed by atoms with Gasteiger partial charge < -0.3 is 20.1 Å². The Hall–Kier alpha value is -3.35. The molecule has 0 saturated heterocycles. The van der Waals surface area contributed by atoms with E-state index in [0.29, 0.717) is 6.42 Å². The minimum absolute atomic E-state index is 0.0336. The molecule has 0 saturated carbocycles. The van der Waals surface area contributed by atoms with Gasteiger partial charge in [-0.3, -0.25) is 9.59 Å². The predicted molar refractivity (Wildman–Crippen MR) is 135 cm³/mol. The van der Waals surface area contributed by atoms with Crippen molar-refractivity contribution in [3.8, 4) is 11.1 Å². The van der Waals surface area contributed by atoms with E-state index in [2.05, 4.69) is 29.6 Å². The highest BCUT2D eigenvalue weighted by Crippen LogP contribution is 2.44. The lowest BCUT2D eigenvalue weighted by Crippen LogP contribution is -2.46. The average molecular weight is 481 g/mol. The molecule has 0 aliphatic heterocycles. The lowest BCUT2D eigenvalue weighted by molar-refractivity contribution is -0.141. The normalized spacial score (nSPS) is 13.3. The maximum absolute atomic E-state index is 13.2. The maximum Gasteiger partial charge on any atom is 0.407 e. The molecule has 1 atom stereocenters. The minimum atomic E-state index is -0.944. The zero-order valence-corrected chi connectivity index (χ0v) is 21.0. The second kappa shape index (κ2) is 11.9. The number of hydrogen-bond donors (Lipinski definition) is 2. The summed E-state index contributed by atoms with van der Waals surface area (Å²) in [5.74, 6) is -1.34. The van der Waals surface area contributed by atoms with Gasteiger partial charge >= 0.3 is 12.1 Å². The van der Waals surface area contributed by atoms with Crippen LogP contribution in [0.25, 0.3) is 11.1 Å². The highest BCUT2D eigenvalue weighted by molar-refractivity contribution is 5.81. The van der Waals surface area contributed by atoms with Crippen molar-refractivity contribution in [2.24, 2.45) is 11.8 Å². The molecule has 35 heavy (non-hydrogen) atoms. The molecule has 2 amide bonds. The van der Waals surface area contributed by atoms with Gasteiger partial charge in [0.15, 0.2) is 0 Å². The summed E-state index contributed by atoms with van der Waals surface area (Å²) in [6.45, 7) is 8.26. The summed E-state index contributed by atoms with van der Waals surface area (Å²) >= 11 is 0. The monoisotopic (exact) mass is 480 g/mol. The Labute approximate surface area is 207 Å². The number of aliphatic carboxylic acids is 1. The zero-order valence-electron chi connectivity index (χ0n) is 21.0. The summed E-state index contributed by atoms with van der Waals surface area (Å²) in [7, 11) is 0. The number of nitrogens with one attached hydrogen (secondary N) is 1. The van der Waals surface area contributed by atoms with Gasteiger partial charge in [0.2, 0.25) is 5.91 Å². The van der Waals surface area contributed by atoms with Crippen molar-refractivity contribution in [3.05, 3.63) is 59.7 Å². The van der Waals surface area contributed by atoms with E-state index < -0.39 is 18.0 Å². The lowest BCUT2D eigenvalue weighted by Gasteiger charge is -2.31. The highest BCUT2D eigenvalue weighted by atomic mass is 16.5. The van der Waals surface area contributed by atoms with Crippen LogP contribution in [0.1, 0.15) is 57.6 Å². The van der Waals surface area contributed by atoms with Crippen LogP contribution < -0.4 is 5.32 Å². The molecule has 7 heteroatoms. The fraction of sp³-hybridized carbons (Fsp3) is 0.464. The van der Waals surface area contributed by atoms with E-state index in [1.165, 1.54) is 0 Å². The van der Waals surface area contributed by atoms with E-state index in [9.17, 15) is 14.4 Å². The number of carbonyl (C=O) groups excluding carboxylic acids is 2. The number of ether oxygens (including phenoxy) is 1. The number of hydrogen-bond acceptors (Lipinski definition) is 4. The van der Waals surface area contributed by atoms with Crippen LogP contribution in [-0.4, -0.2) is 53.7 Å². The molecule has 0 fully saturated rings. The molecule has 0 spiro atoms. The molecule has 1 aliphatic rings. The maximum atomic E-state index is 13.2. The van der Waals surface area contributed by atoms with Gasteiger partial charge in [0, 0.05) is 25.0 Å². The summed E-state index contributed by atoms with van der Waals surface area (Å²) in [5, 5.41) is 11.8. The van der Waals surface area contributed by atoms with E-state index in [1.807, 2.05) is 52.0 Å². The smallest absolute Gasteiger partial charge is 0.407 e. The fourth-order valence-electron chi connectivity index (χ4n) is 4.77. The Balaban J connectivity index is 1.62. The van der Waals surface area contributed by atoms with Gasteiger partial charge in [-0.05, 0) is 48.4 Å². The van der Waals surface area contributed by atoms with Gasteiger partial charge in [0.1, 0.15) is 6.61 Å². The number of amides is 2. The van der Waals surface area contributed by atoms with Crippen molar-refractivity contribution in [3.63, 3.8) is 0 Å². The molecule has 7 nitrogen and oxygen atoms in total. The van der Waals surface area contributed by atoms with Crippen molar-refractivity contribution < 1.29 is 24.2 Å². The van der Waals surface area contributed by atoms with Crippen molar-refractivity contribution >= 4 is 18.0 Å². The Kier molecular flexibility index (Phi) is 8.90. The zero-order chi connectivity index (χ0) is 25.5. The molecular weight excluding hydrogens is 444 g/mol. The molecule has 0 aromatic heterocycles. The Morgan fingerprint density at radius 2 is 1.54 bits per heavy atom.